The van der Waals surface area contributed by atoms with Gasteiger partial charge in [-0.1, -0.05) is 6.92 Å². The molecule has 2 heterocycles. The summed E-state index contributed by atoms with van der Waals surface area (Å²) in [6.07, 6.45) is 0.834. The first-order valence-corrected chi connectivity index (χ1v) is 7.03. The standard InChI is InChI=1S/C13H21N5O3/c1-3-4-15-12(19)9-7-21-6-5-18(9)13(20)10-8(2)16-17-11(10)14/h9H,3-7H2,1-2H3,(H,15,19)(H3,14,16,17). The lowest BCUT2D eigenvalue weighted by atomic mass is 10.1. The number of nitrogen functional groups attached to an aromatic ring is 1. The Morgan fingerprint density at radius 2 is 2.33 bits per heavy atom. The molecule has 0 spiro atoms. The van der Waals surface area contributed by atoms with Crippen LogP contribution in [-0.4, -0.2) is 59.3 Å². The number of anilines is 1. The van der Waals surface area contributed by atoms with Gasteiger partial charge in [0, 0.05) is 18.8 Å². The fourth-order valence-electron chi connectivity index (χ4n) is 2.29. The van der Waals surface area contributed by atoms with Gasteiger partial charge in [0.1, 0.15) is 11.6 Å². The molecule has 0 radical (unpaired) electrons. The number of aromatic amines is 1. The molecule has 21 heavy (non-hydrogen) atoms. The van der Waals surface area contributed by atoms with Gasteiger partial charge in [-0.05, 0) is 13.3 Å². The van der Waals surface area contributed by atoms with Crippen LogP contribution in [0.1, 0.15) is 29.4 Å². The highest BCUT2D eigenvalue weighted by molar-refractivity contribution is 6.01. The van der Waals surface area contributed by atoms with Gasteiger partial charge in [-0.2, -0.15) is 5.10 Å². The van der Waals surface area contributed by atoms with Crippen LogP contribution in [0.2, 0.25) is 0 Å². The molecule has 0 aromatic carbocycles. The smallest absolute Gasteiger partial charge is 0.260 e. The first kappa shape index (κ1) is 15.3. The molecular weight excluding hydrogens is 274 g/mol. The number of H-pyrrole nitrogens is 1. The Labute approximate surface area is 123 Å². The number of carbonyl (C=O) groups is 2. The van der Waals surface area contributed by atoms with Crippen LogP contribution >= 0.6 is 0 Å². The molecule has 0 saturated carbocycles. The third-order valence-electron chi connectivity index (χ3n) is 3.43. The molecule has 1 atom stereocenters. The molecular formula is C13H21N5O3. The SMILES string of the molecule is CCCNC(=O)C1COCCN1C(=O)c1c(N)n[nH]c1C. The molecule has 2 rings (SSSR count). The molecule has 1 fully saturated rings. The van der Waals surface area contributed by atoms with Gasteiger partial charge in [0.25, 0.3) is 5.91 Å². The minimum absolute atomic E-state index is 0.150. The topological polar surface area (TPSA) is 113 Å². The first-order chi connectivity index (χ1) is 10.1. The monoisotopic (exact) mass is 295 g/mol. The van der Waals surface area contributed by atoms with Gasteiger partial charge in [-0.15, -0.1) is 0 Å². The van der Waals surface area contributed by atoms with Crippen molar-refractivity contribution in [2.75, 3.05) is 32.0 Å². The molecule has 0 bridgehead atoms. The maximum atomic E-state index is 12.6. The number of morpholine rings is 1. The van der Waals surface area contributed by atoms with E-state index >= 15 is 0 Å². The van der Waals surface area contributed by atoms with Crippen LogP contribution in [0.25, 0.3) is 0 Å². The summed E-state index contributed by atoms with van der Waals surface area (Å²) >= 11 is 0. The molecule has 116 valence electrons. The minimum atomic E-state index is -0.633. The number of rotatable bonds is 4. The summed E-state index contributed by atoms with van der Waals surface area (Å²) in [5.74, 6) is -0.347. The molecule has 8 nitrogen and oxygen atoms in total. The summed E-state index contributed by atoms with van der Waals surface area (Å²) in [6.45, 7) is 5.22. The van der Waals surface area contributed by atoms with Crippen LogP contribution in [0.15, 0.2) is 0 Å². The van der Waals surface area contributed by atoms with E-state index < -0.39 is 6.04 Å². The minimum Gasteiger partial charge on any atom is -0.382 e. The Balaban J connectivity index is 2.18. The number of ether oxygens (including phenoxy) is 1. The van der Waals surface area contributed by atoms with E-state index in [1.807, 2.05) is 6.92 Å². The molecule has 2 amide bonds. The number of amides is 2. The number of aromatic nitrogens is 2. The Hall–Kier alpha value is -2.09. The zero-order valence-electron chi connectivity index (χ0n) is 12.3. The summed E-state index contributed by atoms with van der Waals surface area (Å²) in [4.78, 5) is 26.3. The highest BCUT2D eigenvalue weighted by Crippen LogP contribution is 2.18. The van der Waals surface area contributed by atoms with Crippen LogP contribution in [0.3, 0.4) is 0 Å². The third-order valence-corrected chi connectivity index (χ3v) is 3.43. The lowest BCUT2D eigenvalue weighted by Crippen LogP contribution is -2.56. The maximum Gasteiger partial charge on any atom is 0.260 e. The summed E-state index contributed by atoms with van der Waals surface area (Å²) in [5, 5.41) is 9.30. The third kappa shape index (κ3) is 3.15. The Morgan fingerprint density at radius 3 is 2.95 bits per heavy atom. The Bertz CT molecular complexity index is 508. The summed E-state index contributed by atoms with van der Waals surface area (Å²) < 4.78 is 5.33. The first-order valence-electron chi connectivity index (χ1n) is 7.03. The average Bonchev–Trinajstić information content (AvgIpc) is 2.83. The van der Waals surface area contributed by atoms with Crippen molar-refractivity contribution < 1.29 is 14.3 Å². The number of nitrogens with one attached hydrogen (secondary N) is 2. The highest BCUT2D eigenvalue weighted by atomic mass is 16.5. The van der Waals surface area contributed by atoms with Crippen molar-refractivity contribution in [3.8, 4) is 0 Å². The van der Waals surface area contributed by atoms with Gasteiger partial charge >= 0.3 is 0 Å². The number of carbonyl (C=O) groups excluding carboxylic acids is 2. The van der Waals surface area contributed by atoms with E-state index in [4.69, 9.17) is 10.5 Å². The number of aryl methyl sites for hydroxylation is 1. The van der Waals surface area contributed by atoms with Crippen molar-refractivity contribution in [2.24, 2.45) is 0 Å². The number of hydrogen-bond acceptors (Lipinski definition) is 5. The fourth-order valence-corrected chi connectivity index (χ4v) is 2.29. The van der Waals surface area contributed by atoms with E-state index in [0.29, 0.717) is 31.0 Å². The summed E-state index contributed by atoms with van der Waals surface area (Å²) in [5.41, 5.74) is 6.65. The largest absolute Gasteiger partial charge is 0.382 e. The predicted molar refractivity (Wildman–Crippen MR) is 76.7 cm³/mol. The Morgan fingerprint density at radius 1 is 1.57 bits per heavy atom. The van der Waals surface area contributed by atoms with E-state index in [0.717, 1.165) is 6.42 Å². The van der Waals surface area contributed by atoms with E-state index in [2.05, 4.69) is 15.5 Å². The van der Waals surface area contributed by atoms with Crippen molar-refractivity contribution in [3.63, 3.8) is 0 Å². The van der Waals surface area contributed by atoms with Crippen LogP contribution in [0.5, 0.6) is 0 Å². The van der Waals surface area contributed by atoms with Crippen LogP contribution in [0, 0.1) is 6.92 Å². The maximum absolute atomic E-state index is 12.6. The van der Waals surface area contributed by atoms with E-state index in [9.17, 15) is 9.59 Å². The number of nitrogens with two attached hydrogens (primary N) is 1. The molecule has 1 unspecified atom stereocenters. The van der Waals surface area contributed by atoms with Crippen LogP contribution < -0.4 is 11.1 Å². The van der Waals surface area contributed by atoms with Gasteiger partial charge in [-0.3, -0.25) is 14.7 Å². The van der Waals surface area contributed by atoms with Crippen molar-refractivity contribution >= 4 is 17.6 Å². The molecule has 1 aliphatic rings. The van der Waals surface area contributed by atoms with Gasteiger partial charge in [0.2, 0.25) is 5.91 Å². The van der Waals surface area contributed by atoms with Crippen molar-refractivity contribution in [1.82, 2.24) is 20.4 Å². The molecule has 1 saturated heterocycles. The van der Waals surface area contributed by atoms with Gasteiger partial charge in [0.05, 0.1) is 13.2 Å². The van der Waals surface area contributed by atoms with Crippen molar-refractivity contribution in [3.05, 3.63) is 11.3 Å². The van der Waals surface area contributed by atoms with Crippen molar-refractivity contribution in [1.29, 1.82) is 0 Å². The summed E-state index contributed by atoms with van der Waals surface area (Å²) in [7, 11) is 0. The van der Waals surface area contributed by atoms with Gasteiger partial charge in [-0.25, -0.2) is 0 Å². The second-order valence-electron chi connectivity index (χ2n) is 4.99. The van der Waals surface area contributed by atoms with Gasteiger partial charge < -0.3 is 20.7 Å². The number of hydrogen-bond donors (Lipinski definition) is 3. The van der Waals surface area contributed by atoms with E-state index in [1.54, 1.807) is 6.92 Å². The number of nitrogens with zero attached hydrogens (tertiary/aromatic N) is 2. The molecule has 1 aromatic heterocycles. The lowest BCUT2D eigenvalue weighted by molar-refractivity contribution is -0.130. The summed E-state index contributed by atoms with van der Waals surface area (Å²) in [6, 6.07) is -0.633. The van der Waals surface area contributed by atoms with Crippen LogP contribution in [0.4, 0.5) is 5.82 Å². The van der Waals surface area contributed by atoms with Crippen molar-refractivity contribution in [2.45, 2.75) is 26.3 Å². The van der Waals surface area contributed by atoms with E-state index in [1.165, 1.54) is 4.90 Å². The average molecular weight is 295 g/mol. The quantitative estimate of drug-likeness (QED) is 0.703. The van der Waals surface area contributed by atoms with E-state index in [-0.39, 0.29) is 24.2 Å². The second kappa shape index (κ2) is 6.57. The second-order valence-corrected chi connectivity index (χ2v) is 4.99. The highest BCUT2D eigenvalue weighted by Gasteiger charge is 2.35. The predicted octanol–water partition coefficient (Wildman–Crippen LogP) is -0.332. The molecule has 4 N–H and O–H groups in total. The molecule has 0 aliphatic carbocycles. The fraction of sp³-hybridized carbons (Fsp3) is 0.615. The molecule has 8 heteroatoms. The zero-order valence-corrected chi connectivity index (χ0v) is 12.3. The van der Waals surface area contributed by atoms with Gasteiger partial charge in [0.15, 0.2) is 5.82 Å². The Kier molecular flexibility index (Phi) is 4.79. The molecule has 1 aromatic rings. The zero-order chi connectivity index (χ0) is 15.4. The molecule has 1 aliphatic heterocycles. The van der Waals surface area contributed by atoms with Crippen LogP contribution in [-0.2, 0) is 9.53 Å². The normalized spacial score (nSPS) is 18.6. The lowest BCUT2D eigenvalue weighted by Gasteiger charge is -2.34.